The van der Waals surface area contributed by atoms with Gasteiger partial charge in [-0.25, -0.2) is 8.42 Å². The number of anilines is 1. The fourth-order valence-electron chi connectivity index (χ4n) is 6.14. The molecule has 5 rings (SSSR count). The van der Waals surface area contributed by atoms with Crippen molar-refractivity contribution < 1.29 is 42.0 Å². The van der Waals surface area contributed by atoms with Crippen molar-refractivity contribution >= 4 is 21.6 Å². The van der Waals surface area contributed by atoms with Crippen LogP contribution in [0.1, 0.15) is 56.0 Å². The Morgan fingerprint density at radius 2 is 1.76 bits per heavy atom. The number of carbonyl (C=O) groups is 1. The van der Waals surface area contributed by atoms with Gasteiger partial charge in [-0.3, -0.25) is 14.4 Å². The average Bonchev–Trinajstić information content (AvgIpc) is 3.57. The minimum absolute atomic E-state index is 0.0495. The van der Waals surface area contributed by atoms with Gasteiger partial charge in [0.15, 0.2) is 11.5 Å². The molecule has 0 unspecified atom stereocenters. The van der Waals surface area contributed by atoms with E-state index in [1.165, 1.54) is 25.3 Å². The maximum Gasteiger partial charge on any atom is 0.261 e. The van der Waals surface area contributed by atoms with Crippen LogP contribution >= 0.6 is 0 Å². The van der Waals surface area contributed by atoms with Crippen molar-refractivity contribution in [2.45, 2.75) is 69.7 Å². The maximum absolute atomic E-state index is 14.5. The molecule has 0 aromatic heterocycles. The summed E-state index contributed by atoms with van der Waals surface area (Å²) in [6, 6.07) is 16.2. The standard InChI is InChI=1S/C37H49N3O9S/c1-25-20-40(26(2)23-41)37(42)32-19-29(38-50(43,44)31-13-11-30(45-5)12-14-31)10-16-33(32)49-27(3)8-6-7-17-46-36(25)22-39(4)21-28-9-15-34-35(18-28)48-24-47-34/h9-16,18-19,25-27,36,38,41H,6-8,17,20-24H2,1-5H3/t25-,26+,27-,36-/m0/s1. The summed E-state index contributed by atoms with van der Waals surface area (Å²) in [5, 5.41) is 10.3. The Kier molecular flexibility index (Phi) is 12.5. The van der Waals surface area contributed by atoms with Crippen LogP contribution in [0.4, 0.5) is 5.69 Å². The summed E-state index contributed by atoms with van der Waals surface area (Å²) >= 11 is 0. The molecule has 3 aromatic carbocycles. The van der Waals surface area contributed by atoms with Crippen molar-refractivity contribution in [1.82, 2.24) is 9.80 Å². The Labute approximate surface area is 295 Å². The normalized spacial score (nSPS) is 20.8. The number of nitrogens with one attached hydrogen (secondary N) is 1. The monoisotopic (exact) mass is 711 g/mol. The van der Waals surface area contributed by atoms with Gasteiger partial charge in [-0.1, -0.05) is 13.0 Å². The number of benzene rings is 3. The molecule has 0 saturated heterocycles. The molecule has 1 amide bonds. The van der Waals surface area contributed by atoms with Crippen LogP contribution in [0.3, 0.4) is 0 Å². The summed E-state index contributed by atoms with van der Waals surface area (Å²) in [4.78, 5) is 18.3. The first-order valence-corrected chi connectivity index (χ1v) is 18.5. The predicted octanol–water partition coefficient (Wildman–Crippen LogP) is 5.15. The van der Waals surface area contributed by atoms with Crippen LogP contribution in [-0.2, 0) is 21.3 Å². The summed E-state index contributed by atoms with van der Waals surface area (Å²) in [5.74, 6) is 1.87. The van der Waals surface area contributed by atoms with E-state index in [0.717, 1.165) is 36.3 Å². The summed E-state index contributed by atoms with van der Waals surface area (Å²) in [5.41, 5.74) is 1.50. The minimum atomic E-state index is -3.98. The quantitative estimate of drug-likeness (QED) is 0.291. The van der Waals surface area contributed by atoms with Crippen LogP contribution in [0.25, 0.3) is 0 Å². The zero-order valence-corrected chi connectivity index (χ0v) is 30.3. The van der Waals surface area contributed by atoms with E-state index in [0.29, 0.717) is 37.7 Å². The zero-order chi connectivity index (χ0) is 35.8. The van der Waals surface area contributed by atoms with Gasteiger partial charge in [0.2, 0.25) is 6.79 Å². The van der Waals surface area contributed by atoms with Gasteiger partial charge in [-0.15, -0.1) is 0 Å². The molecule has 3 aromatic rings. The molecule has 0 spiro atoms. The first-order chi connectivity index (χ1) is 24.0. The number of fused-ring (bicyclic) bond motifs is 2. The third kappa shape index (κ3) is 9.39. The van der Waals surface area contributed by atoms with Crippen molar-refractivity contribution in [2.75, 3.05) is 52.0 Å². The number of likely N-dealkylation sites (N-methyl/N-ethyl adjacent to an activating group) is 1. The number of rotatable bonds is 10. The van der Waals surface area contributed by atoms with Crippen molar-refractivity contribution in [3.8, 4) is 23.0 Å². The number of aliphatic hydroxyl groups excluding tert-OH is 1. The number of sulfonamides is 1. The van der Waals surface area contributed by atoms with Crippen molar-refractivity contribution in [3.05, 3.63) is 71.8 Å². The molecule has 12 nitrogen and oxygen atoms in total. The summed E-state index contributed by atoms with van der Waals surface area (Å²) < 4.78 is 58.2. The van der Waals surface area contributed by atoms with Crippen molar-refractivity contribution in [3.63, 3.8) is 0 Å². The van der Waals surface area contributed by atoms with Crippen molar-refractivity contribution in [2.24, 2.45) is 5.92 Å². The fraction of sp³-hybridized carbons (Fsp3) is 0.486. The molecule has 0 aliphatic carbocycles. The fourth-order valence-corrected chi connectivity index (χ4v) is 7.19. The topological polar surface area (TPSA) is 136 Å². The van der Waals surface area contributed by atoms with Crippen LogP contribution in [0.15, 0.2) is 65.6 Å². The first-order valence-electron chi connectivity index (χ1n) is 17.1. The molecular formula is C37H49N3O9S. The van der Waals surface area contributed by atoms with Gasteiger partial charge in [0.25, 0.3) is 15.9 Å². The Morgan fingerprint density at radius 1 is 1.02 bits per heavy atom. The number of hydrogen-bond donors (Lipinski definition) is 2. The highest BCUT2D eigenvalue weighted by Crippen LogP contribution is 2.33. The van der Waals surface area contributed by atoms with Gasteiger partial charge in [0, 0.05) is 37.8 Å². The number of nitrogens with zero attached hydrogens (tertiary/aromatic N) is 2. The Balaban J connectivity index is 1.40. The lowest BCUT2D eigenvalue weighted by molar-refractivity contribution is -0.0177. The lowest BCUT2D eigenvalue weighted by Crippen LogP contribution is -2.47. The molecule has 272 valence electrons. The minimum Gasteiger partial charge on any atom is -0.497 e. The lowest BCUT2D eigenvalue weighted by Gasteiger charge is -2.36. The maximum atomic E-state index is 14.5. The molecule has 4 atom stereocenters. The van der Waals surface area contributed by atoms with Crippen molar-refractivity contribution in [1.29, 1.82) is 0 Å². The number of ether oxygens (including phenoxy) is 5. The molecule has 50 heavy (non-hydrogen) atoms. The predicted molar refractivity (Wildman–Crippen MR) is 190 cm³/mol. The van der Waals surface area contributed by atoms with Crippen LogP contribution in [-0.4, -0.2) is 94.7 Å². The molecule has 0 saturated carbocycles. The molecule has 2 heterocycles. The summed E-state index contributed by atoms with van der Waals surface area (Å²) in [7, 11) is -0.432. The van der Waals surface area contributed by atoms with Gasteiger partial charge in [0.1, 0.15) is 11.5 Å². The molecule has 2 aliphatic rings. The number of methoxy groups -OCH3 is 1. The largest absolute Gasteiger partial charge is 0.497 e. The second-order valence-corrected chi connectivity index (χ2v) is 14.9. The van der Waals surface area contributed by atoms with Gasteiger partial charge in [-0.05, 0) is 100 Å². The number of aliphatic hydroxyl groups is 1. The highest BCUT2D eigenvalue weighted by atomic mass is 32.2. The average molecular weight is 712 g/mol. The van der Waals surface area contributed by atoms with Crippen LogP contribution in [0.2, 0.25) is 0 Å². The highest BCUT2D eigenvalue weighted by molar-refractivity contribution is 7.92. The zero-order valence-electron chi connectivity index (χ0n) is 29.5. The first kappa shape index (κ1) is 37.2. The van der Waals surface area contributed by atoms with Gasteiger partial charge < -0.3 is 33.7 Å². The van der Waals surface area contributed by atoms with Gasteiger partial charge >= 0.3 is 0 Å². The molecular weight excluding hydrogens is 662 g/mol. The third-order valence-electron chi connectivity index (χ3n) is 9.05. The second kappa shape index (κ2) is 16.8. The van der Waals surface area contributed by atoms with E-state index in [4.69, 9.17) is 23.7 Å². The molecule has 0 radical (unpaired) electrons. The Bertz CT molecular complexity index is 1700. The highest BCUT2D eigenvalue weighted by Gasteiger charge is 2.31. The summed E-state index contributed by atoms with van der Waals surface area (Å²) in [6.45, 7) is 7.88. The van der Waals surface area contributed by atoms with E-state index in [9.17, 15) is 18.3 Å². The SMILES string of the molecule is COc1ccc(S(=O)(=O)Nc2ccc3c(c2)C(=O)N([C@H](C)CO)C[C@H](C)[C@H](CN(C)Cc2ccc4c(c2)OCO4)OCCCC[C@H](C)O3)cc1. The lowest BCUT2D eigenvalue weighted by atomic mass is 10.0. The van der Waals surface area contributed by atoms with E-state index in [-0.39, 0.29) is 53.6 Å². The molecule has 0 bridgehead atoms. The van der Waals surface area contributed by atoms with E-state index >= 15 is 0 Å². The molecule has 2 N–H and O–H groups in total. The second-order valence-electron chi connectivity index (χ2n) is 13.2. The number of hydrogen-bond acceptors (Lipinski definition) is 10. The number of carbonyl (C=O) groups excluding carboxylic acids is 1. The van der Waals surface area contributed by atoms with E-state index in [1.54, 1.807) is 36.1 Å². The van der Waals surface area contributed by atoms with Crippen LogP contribution in [0, 0.1) is 5.92 Å². The number of amides is 1. The van der Waals surface area contributed by atoms with Gasteiger partial charge in [-0.2, -0.15) is 0 Å². The third-order valence-corrected chi connectivity index (χ3v) is 10.5. The van der Waals surface area contributed by atoms with Gasteiger partial charge in [0.05, 0.1) is 42.4 Å². The Hall–Kier alpha value is -4.04. The van der Waals surface area contributed by atoms with Crippen LogP contribution in [0.5, 0.6) is 23.0 Å². The summed E-state index contributed by atoms with van der Waals surface area (Å²) in [6.07, 6.45) is 2.03. The van der Waals surface area contributed by atoms with E-state index in [2.05, 4.69) is 9.62 Å². The van der Waals surface area contributed by atoms with Crippen LogP contribution < -0.4 is 23.7 Å². The smallest absolute Gasteiger partial charge is 0.261 e. The molecule has 2 aliphatic heterocycles. The molecule has 0 fully saturated rings. The van der Waals surface area contributed by atoms with E-state index < -0.39 is 16.1 Å². The molecule has 13 heteroatoms. The Morgan fingerprint density at radius 3 is 2.50 bits per heavy atom. The van der Waals surface area contributed by atoms with E-state index in [1.807, 2.05) is 39.1 Å².